The highest BCUT2D eigenvalue weighted by Gasteiger charge is 2.26. The predicted molar refractivity (Wildman–Crippen MR) is 104 cm³/mol. The SMILES string of the molecule is Clc1ccc(Nc2cc(C3CC3)nc(NC3CCCCC3)n2)cc1Cl. The van der Waals surface area contributed by atoms with Crippen molar-refractivity contribution in [1.82, 2.24) is 9.97 Å². The summed E-state index contributed by atoms with van der Waals surface area (Å²) >= 11 is 12.1. The molecule has 2 aromatic rings. The fraction of sp³-hybridized carbons (Fsp3) is 0.474. The third-order valence-corrected chi connectivity index (χ3v) is 5.61. The second-order valence-electron chi connectivity index (χ2n) is 7.01. The minimum atomic E-state index is 0.487. The van der Waals surface area contributed by atoms with Gasteiger partial charge in [0.25, 0.3) is 0 Å². The molecule has 1 aromatic carbocycles. The van der Waals surface area contributed by atoms with Gasteiger partial charge in [-0.05, 0) is 43.9 Å². The third kappa shape index (κ3) is 4.36. The van der Waals surface area contributed by atoms with E-state index in [1.54, 1.807) is 6.07 Å². The van der Waals surface area contributed by atoms with Gasteiger partial charge in [0.15, 0.2) is 0 Å². The number of rotatable bonds is 5. The molecule has 0 amide bonds. The van der Waals surface area contributed by atoms with Crippen molar-refractivity contribution in [3.63, 3.8) is 0 Å². The third-order valence-electron chi connectivity index (χ3n) is 4.87. The van der Waals surface area contributed by atoms with Crippen molar-refractivity contribution in [2.45, 2.75) is 56.9 Å². The maximum absolute atomic E-state index is 6.11. The number of hydrogen-bond acceptors (Lipinski definition) is 4. The van der Waals surface area contributed by atoms with Crippen LogP contribution in [0.5, 0.6) is 0 Å². The molecule has 4 nitrogen and oxygen atoms in total. The Labute approximate surface area is 158 Å². The number of nitrogens with one attached hydrogen (secondary N) is 2. The molecule has 2 fully saturated rings. The van der Waals surface area contributed by atoms with Gasteiger partial charge in [0.05, 0.1) is 15.7 Å². The summed E-state index contributed by atoms with van der Waals surface area (Å²) in [4.78, 5) is 9.43. The molecule has 2 saturated carbocycles. The Morgan fingerprint density at radius 1 is 0.880 bits per heavy atom. The zero-order chi connectivity index (χ0) is 17.2. The lowest BCUT2D eigenvalue weighted by Gasteiger charge is -2.23. The second-order valence-corrected chi connectivity index (χ2v) is 7.82. The fourth-order valence-electron chi connectivity index (χ4n) is 3.33. The van der Waals surface area contributed by atoms with Crippen LogP contribution in [0.4, 0.5) is 17.5 Å². The average Bonchev–Trinajstić information content (AvgIpc) is 3.44. The quantitative estimate of drug-likeness (QED) is 0.656. The maximum atomic E-state index is 6.11. The van der Waals surface area contributed by atoms with Crippen LogP contribution in [0, 0.1) is 0 Å². The van der Waals surface area contributed by atoms with Gasteiger partial charge in [-0.25, -0.2) is 4.98 Å². The van der Waals surface area contributed by atoms with E-state index in [2.05, 4.69) is 15.6 Å². The van der Waals surface area contributed by atoms with Crippen LogP contribution in [0.15, 0.2) is 24.3 Å². The molecular formula is C19H22Cl2N4. The van der Waals surface area contributed by atoms with Gasteiger partial charge in [-0.1, -0.05) is 42.5 Å². The van der Waals surface area contributed by atoms with Gasteiger partial charge in [-0.3, -0.25) is 0 Å². The van der Waals surface area contributed by atoms with Crippen molar-refractivity contribution >= 4 is 40.7 Å². The van der Waals surface area contributed by atoms with Crippen molar-refractivity contribution in [3.8, 4) is 0 Å². The topological polar surface area (TPSA) is 49.8 Å². The molecule has 0 bridgehead atoms. The van der Waals surface area contributed by atoms with Crippen LogP contribution in [0.25, 0.3) is 0 Å². The number of halogens is 2. The van der Waals surface area contributed by atoms with Gasteiger partial charge in [0.2, 0.25) is 5.95 Å². The van der Waals surface area contributed by atoms with Crippen LogP contribution >= 0.6 is 23.2 Å². The summed E-state index contributed by atoms with van der Waals surface area (Å²) in [5.41, 5.74) is 1.99. The monoisotopic (exact) mass is 376 g/mol. The van der Waals surface area contributed by atoms with Crippen molar-refractivity contribution in [1.29, 1.82) is 0 Å². The molecule has 1 heterocycles. The average molecular weight is 377 g/mol. The van der Waals surface area contributed by atoms with E-state index >= 15 is 0 Å². The van der Waals surface area contributed by atoms with Crippen LogP contribution in [-0.4, -0.2) is 16.0 Å². The molecule has 0 atom stereocenters. The molecular weight excluding hydrogens is 355 g/mol. The molecule has 2 N–H and O–H groups in total. The number of benzene rings is 1. The Balaban J connectivity index is 1.56. The van der Waals surface area contributed by atoms with E-state index < -0.39 is 0 Å². The smallest absolute Gasteiger partial charge is 0.225 e. The minimum Gasteiger partial charge on any atom is -0.351 e. The van der Waals surface area contributed by atoms with E-state index in [9.17, 15) is 0 Å². The number of hydrogen-bond donors (Lipinski definition) is 2. The zero-order valence-electron chi connectivity index (χ0n) is 14.1. The Morgan fingerprint density at radius 2 is 1.68 bits per heavy atom. The van der Waals surface area contributed by atoms with Crippen LogP contribution < -0.4 is 10.6 Å². The molecule has 2 aliphatic carbocycles. The van der Waals surface area contributed by atoms with Crippen molar-refractivity contribution in [2.24, 2.45) is 0 Å². The Morgan fingerprint density at radius 3 is 2.40 bits per heavy atom. The molecule has 0 radical (unpaired) electrons. The number of nitrogens with zero attached hydrogens (tertiary/aromatic N) is 2. The molecule has 25 heavy (non-hydrogen) atoms. The van der Waals surface area contributed by atoms with Crippen LogP contribution in [-0.2, 0) is 0 Å². The lowest BCUT2D eigenvalue weighted by Crippen LogP contribution is -2.23. The van der Waals surface area contributed by atoms with Gasteiger partial charge >= 0.3 is 0 Å². The summed E-state index contributed by atoms with van der Waals surface area (Å²) < 4.78 is 0. The molecule has 0 spiro atoms. The lowest BCUT2D eigenvalue weighted by atomic mass is 9.96. The molecule has 1 aromatic heterocycles. The van der Waals surface area contributed by atoms with Crippen molar-refractivity contribution < 1.29 is 0 Å². The Kier molecular flexibility index (Phi) is 5.00. The summed E-state index contributed by atoms with van der Waals surface area (Å²) in [6, 6.07) is 8.04. The molecule has 4 rings (SSSR count). The lowest BCUT2D eigenvalue weighted by molar-refractivity contribution is 0.460. The highest BCUT2D eigenvalue weighted by molar-refractivity contribution is 6.42. The number of anilines is 3. The minimum absolute atomic E-state index is 0.487. The van der Waals surface area contributed by atoms with Crippen LogP contribution in [0.2, 0.25) is 10.0 Å². The zero-order valence-corrected chi connectivity index (χ0v) is 15.6. The maximum Gasteiger partial charge on any atom is 0.225 e. The van der Waals surface area contributed by atoms with Gasteiger partial charge in [0, 0.05) is 23.7 Å². The predicted octanol–water partition coefficient (Wildman–Crippen LogP) is 6.15. The highest BCUT2D eigenvalue weighted by atomic mass is 35.5. The summed E-state index contributed by atoms with van der Waals surface area (Å²) in [6.07, 6.45) is 8.74. The number of aromatic nitrogens is 2. The van der Waals surface area contributed by atoms with Crippen molar-refractivity contribution in [3.05, 3.63) is 40.0 Å². The molecule has 0 aliphatic heterocycles. The fourth-order valence-corrected chi connectivity index (χ4v) is 3.63. The first kappa shape index (κ1) is 16.9. The summed E-state index contributed by atoms with van der Waals surface area (Å²) in [7, 11) is 0. The molecule has 2 aliphatic rings. The summed E-state index contributed by atoms with van der Waals surface area (Å²) in [6.45, 7) is 0. The van der Waals surface area contributed by atoms with Crippen molar-refractivity contribution in [2.75, 3.05) is 10.6 Å². The van der Waals surface area contributed by atoms with Gasteiger partial charge < -0.3 is 10.6 Å². The summed E-state index contributed by atoms with van der Waals surface area (Å²) in [5, 5.41) is 7.96. The van der Waals surface area contributed by atoms with E-state index in [1.807, 2.05) is 18.2 Å². The molecule has 6 heteroatoms. The van der Waals surface area contributed by atoms with E-state index in [0.717, 1.165) is 23.1 Å². The molecule has 0 saturated heterocycles. The highest BCUT2D eigenvalue weighted by Crippen LogP contribution is 2.40. The van der Waals surface area contributed by atoms with Crippen LogP contribution in [0.1, 0.15) is 56.6 Å². The largest absolute Gasteiger partial charge is 0.351 e. The standard InChI is InChI=1S/C19H22Cl2N4/c20-15-9-8-14(10-16(15)21)22-18-11-17(12-6-7-12)24-19(25-18)23-13-4-2-1-3-5-13/h8-13H,1-7H2,(H2,22,23,24,25). The molecule has 0 unspecified atom stereocenters. The normalized spacial score (nSPS) is 18.2. The Bertz CT molecular complexity index is 755. The first-order valence-corrected chi connectivity index (χ1v) is 9.80. The second kappa shape index (κ2) is 7.38. The molecule has 132 valence electrons. The van der Waals surface area contributed by atoms with Gasteiger partial charge in [0.1, 0.15) is 5.82 Å². The van der Waals surface area contributed by atoms with E-state index in [-0.39, 0.29) is 0 Å². The van der Waals surface area contributed by atoms with E-state index in [1.165, 1.54) is 44.9 Å². The van der Waals surface area contributed by atoms with Gasteiger partial charge in [-0.15, -0.1) is 0 Å². The van der Waals surface area contributed by atoms with E-state index in [4.69, 9.17) is 28.2 Å². The summed E-state index contributed by atoms with van der Waals surface area (Å²) in [5.74, 6) is 2.11. The first-order chi connectivity index (χ1) is 12.2. The van der Waals surface area contributed by atoms with Gasteiger partial charge in [-0.2, -0.15) is 4.98 Å². The Hall–Kier alpha value is -1.52. The van der Waals surface area contributed by atoms with E-state index in [0.29, 0.717) is 22.0 Å². The van der Waals surface area contributed by atoms with Crippen LogP contribution in [0.3, 0.4) is 0 Å². The first-order valence-electron chi connectivity index (χ1n) is 9.05.